The van der Waals surface area contributed by atoms with E-state index in [1.807, 2.05) is 47.2 Å². The van der Waals surface area contributed by atoms with Crippen molar-refractivity contribution in [2.24, 2.45) is 0 Å². The molecule has 4 rings (SSSR count). The topological polar surface area (TPSA) is 43.6 Å². The molecule has 0 radical (unpaired) electrons. The maximum Gasteiger partial charge on any atom is 0.128 e. The van der Waals surface area contributed by atoms with Crippen LogP contribution in [0.1, 0.15) is 5.56 Å². The molecule has 2 aromatic carbocycles. The lowest BCUT2D eigenvalue weighted by Gasteiger charge is -2.06. The zero-order valence-electron chi connectivity index (χ0n) is 14.1. The molecule has 0 N–H and O–H groups in total. The number of aromatic nitrogens is 4. The smallest absolute Gasteiger partial charge is 0.128 e. The molecule has 7 heteroatoms. The van der Waals surface area contributed by atoms with E-state index in [0.717, 1.165) is 16.9 Å². The zero-order chi connectivity index (χ0) is 18.6. The lowest BCUT2D eigenvalue weighted by Crippen LogP contribution is -1.93. The van der Waals surface area contributed by atoms with Crippen LogP contribution in [0.3, 0.4) is 0 Å². The van der Waals surface area contributed by atoms with E-state index in [4.69, 9.17) is 11.6 Å². The molecule has 27 heavy (non-hydrogen) atoms. The molecule has 0 atom stereocenters. The summed E-state index contributed by atoms with van der Waals surface area (Å²) >= 11 is 7.45. The van der Waals surface area contributed by atoms with Crippen LogP contribution in [0.5, 0.6) is 0 Å². The van der Waals surface area contributed by atoms with Gasteiger partial charge in [-0.2, -0.15) is 0 Å². The summed E-state index contributed by atoms with van der Waals surface area (Å²) in [7, 11) is 0. The fourth-order valence-corrected chi connectivity index (χ4v) is 3.74. The zero-order valence-corrected chi connectivity index (χ0v) is 15.7. The molecule has 0 saturated heterocycles. The molecule has 0 fully saturated rings. The fourth-order valence-electron chi connectivity index (χ4n) is 2.58. The third-order valence-corrected chi connectivity index (χ3v) is 5.33. The molecule has 2 heterocycles. The van der Waals surface area contributed by atoms with Crippen LogP contribution in [0.25, 0.3) is 16.9 Å². The lowest BCUT2D eigenvalue weighted by molar-refractivity contribution is 0.617. The van der Waals surface area contributed by atoms with Gasteiger partial charge in [-0.05, 0) is 36.4 Å². The SMILES string of the molecule is Fc1cccc(Cl)c1CSc1ccc(-c2ccc(-n3ccnc3)cc2)nn1. The first-order valence-corrected chi connectivity index (χ1v) is 9.55. The van der Waals surface area contributed by atoms with Crippen LogP contribution in [-0.4, -0.2) is 19.7 Å². The molecule has 4 aromatic rings. The minimum absolute atomic E-state index is 0.308. The van der Waals surface area contributed by atoms with Crippen LogP contribution in [0.15, 0.2) is 78.3 Å². The second-order valence-corrected chi connectivity index (χ2v) is 7.17. The van der Waals surface area contributed by atoms with Crippen molar-refractivity contribution in [3.8, 4) is 16.9 Å². The van der Waals surface area contributed by atoms with Crippen molar-refractivity contribution in [3.05, 3.63) is 89.7 Å². The van der Waals surface area contributed by atoms with E-state index in [9.17, 15) is 4.39 Å². The summed E-state index contributed by atoms with van der Waals surface area (Å²) in [5, 5.41) is 9.65. The highest BCUT2D eigenvalue weighted by molar-refractivity contribution is 7.98. The van der Waals surface area contributed by atoms with E-state index >= 15 is 0 Å². The number of hydrogen-bond acceptors (Lipinski definition) is 4. The molecule has 134 valence electrons. The minimum atomic E-state index is -0.308. The van der Waals surface area contributed by atoms with Gasteiger partial charge in [0, 0.05) is 40.0 Å². The minimum Gasteiger partial charge on any atom is -0.306 e. The molecule has 0 aliphatic heterocycles. The Labute approximate surface area is 165 Å². The van der Waals surface area contributed by atoms with Gasteiger partial charge >= 0.3 is 0 Å². The molecule has 0 amide bonds. The highest BCUT2D eigenvalue weighted by atomic mass is 35.5. The van der Waals surface area contributed by atoms with Crippen LogP contribution in [0, 0.1) is 5.82 Å². The van der Waals surface area contributed by atoms with Gasteiger partial charge in [0.15, 0.2) is 0 Å². The van der Waals surface area contributed by atoms with Crippen molar-refractivity contribution in [1.82, 2.24) is 19.7 Å². The van der Waals surface area contributed by atoms with Gasteiger partial charge in [0.05, 0.1) is 12.0 Å². The number of nitrogens with zero attached hydrogens (tertiary/aromatic N) is 4. The van der Waals surface area contributed by atoms with Crippen LogP contribution in [0.2, 0.25) is 5.02 Å². The molecule has 0 spiro atoms. The third-order valence-electron chi connectivity index (χ3n) is 4.03. The van der Waals surface area contributed by atoms with Gasteiger partial charge in [0.25, 0.3) is 0 Å². The van der Waals surface area contributed by atoms with E-state index < -0.39 is 0 Å². The number of hydrogen-bond donors (Lipinski definition) is 0. The summed E-state index contributed by atoms with van der Waals surface area (Å²) in [5.41, 5.74) is 3.25. The second kappa shape index (κ2) is 7.90. The predicted molar refractivity (Wildman–Crippen MR) is 106 cm³/mol. The summed E-state index contributed by atoms with van der Waals surface area (Å²) in [4.78, 5) is 4.05. The van der Waals surface area contributed by atoms with Gasteiger partial charge in [-0.15, -0.1) is 10.2 Å². The van der Waals surface area contributed by atoms with Crippen LogP contribution >= 0.6 is 23.4 Å². The quantitative estimate of drug-likeness (QED) is 0.423. The van der Waals surface area contributed by atoms with Crippen molar-refractivity contribution in [3.63, 3.8) is 0 Å². The summed E-state index contributed by atoms with van der Waals surface area (Å²) in [5.74, 6) is 0.0941. The number of halogens is 2. The Balaban J connectivity index is 1.46. The van der Waals surface area contributed by atoms with Crippen molar-refractivity contribution in [2.45, 2.75) is 10.8 Å². The Morgan fingerprint density at radius 2 is 1.85 bits per heavy atom. The largest absolute Gasteiger partial charge is 0.306 e. The molecule has 2 aromatic heterocycles. The number of imidazole rings is 1. The molecular formula is C20H14ClFN4S. The summed E-state index contributed by atoms with van der Waals surface area (Å²) in [6.45, 7) is 0. The predicted octanol–water partition coefficient (Wildman–Crippen LogP) is 5.41. The first kappa shape index (κ1) is 17.7. The molecule has 0 saturated carbocycles. The molecule has 0 aliphatic rings. The fraction of sp³-hybridized carbons (Fsp3) is 0.0500. The van der Waals surface area contributed by atoms with E-state index in [1.165, 1.54) is 17.8 Å². The van der Waals surface area contributed by atoms with Gasteiger partial charge in [0.2, 0.25) is 0 Å². The first-order chi connectivity index (χ1) is 13.2. The van der Waals surface area contributed by atoms with E-state index in [2.05, 4.69) is 15.2 Å². The highest BCUT2D eigenvalue weighted by Crippen LogP contribution is 2.28. The van der Waals surface area contributed by atoms with Crippen molar-refractivity contribution in [2.75, 3.05) is 0 Å². The summed E-state index contributed by atoms with van der Waals surface area (Å²) in [6.07, 6.45) is 5.38. The Bertz CT molecular complexity index is 1010. The van der Waals surface area contributed by atoms with Crippen molar-refractivity contribution >= 4 is 23.4 Å². The maximum absolute atomic E-state index is 13.8. The Hall–Kier alpha value is -2.70. The Kier molecular flexibility index (Phi) is 5.18. The number of thioether (sulfide) groups is 1. The van der Waals surface area contributed by atoms with Crippen LogP contribution in [0.4, 0.5) is 4.39 Å². The maximum atomic E-state index is 13.8. The summed E-state index contributed by atoms with van der Waals surface area (Å²) in [6, 6.07) is 16.5. The van der Waals surface area contributed by atoms with E-state index in [-0.39, 0.29) is 5.82 Å². The standard InChI is InChI=1S/C20H14ClFN4S/c21-17-2-1-3-18(22)16(17)12-27-20-9-8-19(24-25-20)14-4-6-15(7-5-14)26-11-10-23-13-26/h1-11,13H,12H2. The highest BCUT2D eigenvalue weighted by Gasteiger charge is 2.09. The molecule has 0 unspecified atom stereocenters. The van der Waals surface area contributed by atoms with Gasteiger partial charge in [-0.25, -0.2) is 9.37 Å². The van der Waals surface area contributed by atoms with E-state index in [1.54, 1.807) is 24.7 Å². The Morgan fingerprint density at radius 3 is 2.52 bits per heavy atom. The molecular weight excluding hydrogens is 383 g/mol. The van der Waals surface area contributed by atoms with Gasteiger partial charge in [-0.3, -0.25) is 0 Å². The van der Waals surface area contributed by atoms with Crippen molar-refractivity contribution < 1.29 is 4.39 Å². The average molecular weight is 397 g/mol. The number of benzene rings is 2. The van der Waals surface area contributed by atoms with Gasteiger partial charge in [-0.1, -0.05) is 41.6 Å². The Morgan fingerprint density at radius 1 is 1.00 bits per heavy atom. The molecule has 0 aliphatic carbocycles. The molecule has 0 bridgehead atoms. The average Bonchev–Trinajstić information content (AvgIpc) is 3.23. The summed E-state index contributed by atoms with van der Waals surface area (Å²) < 4.78 is 15.8. The number of rotatable bonds is 5. The normalized spacial score (nSPS) is 10.9. The van der Waals surface area contributed by atoms with Crippen LogP contribution < -0.4 is 0 Å². The van der Waals surface area contributed by atoms with Crippen LogP contribution in [-0.2, 0) is 5.75 Å². The lowest BCUT2D eigenvalue weighted by atomic mass is 10.1. The second-order valence-electron chi connectivity index (χ2n) is 5.76. The van der Waals surface area contributed by atoms with E-state index in [0.29, 0.717) is 21.4 Å². The van der Waals surface area contributed by atoms with Crippen molar-refractivity contribution in [1.29, 1.82) is 0 Å². The third kappa shape index (κ3) is 4.02. The monoisotopic (exact) mass is 396 g/mol. The van der Waals surface area contributed by atoms with Gasteiger partial charge < -0.3 is 4.57 Å². The van der Waals surface area contributed by atoms with Gasteiger partial charge in [0.1, 0.15) is 10.8 Å². The first-order valence-electron chi connectivity index (χ1n) is 8.19. The molecule has 4 nitrogen and oxygen atoms in total.